The SMILES string of the molecule is Cc1cccc(-c2onc(Br)c2CO)c1. The first-order valence-corrected chi connectivity index (χ1v) is 5.33. The molecule has 0 atom stereocenters. The molecule has 0 amide bonds. The van der Waals surface area contributed by atoms with E-state index in [0.717, 1.165) is 11.1 Å². The molecule has 78 valence electrons. The molecule has 2 aromatic rings. The van der Waals surface area contributed by atoms with Crippen LogP contribution in [-0.4, -0.2) is 10.3 Å². The summed E-state index contributed by atoms with van der Waals surface area (Å²) in [4.78, 5) is 0. The van der Waals surface area contributed by atoms with Crippen molar-refractivity contribution in [2.75, 3.05) is 0 Å². The molecule has 1 heterocycles. The second-order valence-electron chi connectivity index (χ2n) is 3.31. The van der Waals surface area contributed by atoms with Crippen LogP contribution in [0.4, 0.5) is 0 Å². The van der Waals surface area contributed by atoms with Gasteiger partial charge in [0, 0.05) is 5.56 Å². The smallest absolute Gasteiger partial charge is 0.173 e. The summed E-state index contributed by atoms with van der Waals surface area (Å²) in [5, 5.41) is 13.0. The quantitative estimate of drug-likeness (QED) is 0.910. The van der Waals surface area contributed by atoms with E-state index in [1.165, 1.54) is 0 Å². The second-order valence-corrected chi connectivity index (χ2v) is 4.06. The highest BCUT2D eigenvalue weighted by molar-refractivity contribution is 9.10. The van der Waals surface area contributed by atoms with Gasteiger partial charge in [0.2, 0.25) is 0 Å². The van der Waals surface area contributed by atoms with Crippen LogP contribution in [0.2, 0.25) is 0 Å². The number of hydrogen-bond acceptors (Lipinski definition) is 3. The normalized spacial score (nSPS) is 10.6. The highest BCUT2D eigenvalue weighted by Crippen LogP contribution is 2.29. The Bertz CT molecular complexity index is 479. The van der Waals surface area contributed by atoms with E-state index in [9.17, 15) is 5.11 Å². The maximum absolute atomic E-state index is 9.19. The molecule has 1 aromatic carbocycles. The van der Waals surface area contributed by atoms with Crippen LogP contribution in [0, 0.1) is 6.92 Å². The predicted octanol–water partition coefficient (Wildman–Crippen LogP) is 2.90. The number of aliphatic hydroxyl groups excluding tert-OH is 1. The van der Waals surface area contributed by atoms with Gasteiger partial charge in [-0.2, -0.15) is 0 Å². The molecule has 0 aliphatic rings. The highest BCUT2D eigenvalue weighted by Gasteiger charge is 2.14. The molecule has 0 radical (unpaired) electrons. The van der Waals surface area contributed by atoms with Crippen molar-refractivity contribution >= 4 is 15.9 Å². The third-order valence-corrected chi connectivity index (χ3v) is 2.80. The zero-order valence-electron chi connectivity index (χ0n) is 8.20. The Kier molecular flexibility index (Phi) is 2.88. The van der Waals surface area contributed by atoms with Crippen molar-refractivity contribution in [1.82, 2.24) is 5.16 Å². The van der Waals surface area contributed by atoms with E-state index < -0.39 is 0 Å². The lowest BCUT2D eigenvalue weighted by Crippen LogP contribution is -1.85. The van der Waals surface area contributed by atoms with Crippen LogP contribution in [0.25, 0.3) is 11.3 Å². The lowest BCUT2D eigenvalue weighted by molar-refractivity contribution is 0.281. The van der Waals surface area contributed by atoms with Gasteiger partial charge in [-0.25, -0.2) is 0 Å². The van der Waals surface area contributed by atoms with Gasteiger partial charge in [0.05, 0.1) is 12.2 Å². The topological polar surface area (TPSA) is 46.3 Å². The molecule has 3 nitrogen and oxygen atoms in total. The fourth-order valence-corrected chi connectivity index (χ4v) is 1.82. The minimum Gasteiger partial charge on any atom is -0.391 e. The minimum absolute atomic E-state index is 0.0899. The molecule has 0 unspecified atom stereocenters. The van der Waals surface area contributed by atoms with Crippen LogP contribution in [-0.2, 0) is 6.61 Å². The number of hydrogen-bond donors (Lipinski definition) is 1. The maximum Gasteiger partial charge on any atom is 0.173 e. The van der Waals surface area contributed by atoms with E-state index in [1.807, 2.05) is 31.2 Å². The van der Waals surface area contributed by atoms with Crippen LogP contribution in [0.15, 0.2) is 33.4 Å². The summed E-state index contributed by atoms with van der Waals surface area (Å²) in [7, 11) is 0. The molecule has 1 aromatic heterocycles. The number of aryl methyl sites for hydroxylation is 1. The summed E-state index contributed by atoms with van der Waals surface area (Å²) in [6.45, 7) is 1.92. The maximum atomic E-state index is 9.19. The Morgan fingerprint density at radius 1 is 1.47 bits per heavy atom. The highest BCUT2D eigenvalue weighted by atomic mass is 79.9. The number of benzene rings is 1. The van der Waals surface area contributed by atoms with E-state index in [2.05, 4.69) is 21.1 Å². The summed E-state index contributed by atoms with van der Waals surface area (Å²) in [5.41, 5.74) is 2.75. The van der Waals surface area contributed by atoms with Gasteiger partial charge in [-0.3, -0.25) is 0 Å². The Morgan fingerprint density at radius 3 is 2.93 bits per heavy atom. The lowest BCUT2D eigenvalue weighted by Gasteiger charge is -1.99. The molecule has 15 heavy (non-hydrogen) atoms. The van der Waals surface area contributed by atoms with Gasteiger partial charge in [0.25, 0.3) is 0 Å². The summed E-state index contributed by atoms with van der Waals surface area (Å²) in [6.07, 6.45) is 0. The number of rotatable bonds is 2. The van der Waals surface area contributed by atoms with Crippen molar-refractivity contribution in [2.45, 2.75) is 13.5 Å². The van der Waals surface area contributed by atoms with Gasteiger partial charge in [0.1, 0.15) is 0 Å². The molecular formula is C11H10BrNO2. The largest absolute Gasteiger partial charge is 0.391 e. The fourth-order valence-electron chi connectivity index (χ4n) is 1.44. The second kappa shape index (κ2) is 4.16. The third kappa shape index (κ3) is 1.96. The van der Waals surface area contributed by atoms with E-state index in [0.29, 0.717) is 15.9 Å². The Labute approximate surface area is 95.8 Å². The Morgan fingerprint density at radius 2 is 2.27 bits per heavy atom. The molecule has 2 rings (SSSR count). The van der Waals surface area contributed by atoms with Gasteiger partial charge in [-0.1, -0.05) is 28.9 Å². The molecule has 0 spiro atoms. The Balaban J connectivity index is 2.54. The van der Waals surface area contributed by atoms with Gasteiger partial charge in [0.15, 0.2) is 10.4 Å². The summed E-state index contributed by atoms with van der Waals surface area (Å²) < 4.78 is 5.73. The van der Waals surface area contributed by atoms with E-state index in [4.69, 9.17) is 4.52 Å². The van der Waals surface area contributed by atoms with Crippen LogP contribution in [0.3, 0.4) is 0 Å². The van der Waals surface area contributed by atoms with Gasteiger partial charge < -0.3 is 9.63 Å². The molecule has 0 aliphatic carbocycles. The summed E-state index contributed by atoms with van der Waals surface area (Å²) in [5.74, 6) is 0.619. The summed E-state index contributed by atoms with van der Waals surface area (Å²) >= 11 is 3.23. The fraction of sp³-hybridized carbons (Fsp3) is 0.182. The van der Waals surface area contributed by atoms with Crippen molar-refractivity contribution in [3.63, 3.8) is 0 Å². The van der Waals surface area contributed by atoms with Crippen molar-refractivity contribution in [1.29, 1.82) is 0 Å². The predicted molar refractivity (Wildman–Crippen MR) is 60.3 cm³/mol. The van der Waals surface area contributed by atoms with Crippen molar-refractivity contribution < 1.29 is 9.63 Å². The van der Waals surface area contributed by atoms with Crippen LogP contribution < -0.4 is 0 Å². The Hall–Kier alpha value is -1.13. The van der Waals surface area contributed by atoms with Crippen molar-refractivity contribution in [2.24, 2.45) is 0 Å². The van der Waals surface area contributed by atoms with Crippen molar-refractivity contribution in [3.8, 4) is 11.3 Å². The molecule has 4 heteroatoms. The van der Waals surface area contributed by atoms with Crippen LogP contribution in [0.5, 0.6) is 0 Å². The first kappa shape index (κ1) is 10.4. The molecular weight excluding hydrogens is 258 g/mol. The van der Waals surface area contributed by atoms with Gasteiger partial charge in [-0.05, 0) is 28.9 Å². The van der Waals surface area contributed by atoms with E-state index >= 15 is 0 Å². The average molecular weight is 268 g/mol. The molecule has 0 bridgehead atoms. The zero-order chi connectivity index (χ0) is 10.8. The monoisotopic (exact) mass is 267 g/mol. The molecule has 0 fully saturated rings. The van der Waals surface area contributed by atoms with Crippen LogP contribution >= 0.6 is 15.9 Å². The molecule has 0 saturated carbocycles. The van der Waals surface area contributed by atoms with Gasteiger partial charge in [-0.15, -0.1) is 0 Å². The van der Waals surface area contributed by atoms with Crippen molar-refractivity contribution in [3.05, 3.63) is 40.0 Å². The first-order chi connectivity index (χ1) is 7.22. The molecule has 1 N–H and O–H groups in total. The third-order valence-electron chi connectivity index (χ3n) is 2.18. The minimum atomic E-state index is -0.0899. The zero-order valence-corrected chi connectivity index (χ0v) is 9.78. The first-order valence-electron chi connectivity index (χ1n) is 4.54. The number of aromatic nitrogens is 1. The number of nitrogens with zero attached hydrogens (tertiary/aromatic N) is 1. The van der Waals surface area contributed by atoms with E-state index in [1.54, 1.807) is 0 Å². The molecule has 0 saturated heterocycles. The van der Waals surface area contributed by atoms with Gasteiger partial charge >= 0.3 is 0 Å². The average Bonchev–Trinajstić information content (AvgIpc) is 2.59. The lowest BCUT2D eigenvalue weighted by atomic mass is 10.1. The van der Waals surface area contributed by atoms with Crippen LogP contribution in [0.1, 0.15) is 11.1 Å². The van der Waals surface area contributed by atoms with E-state index in [-0.39, 0.29) is 6.61 Å². The standard InChI is InChI=1S/C11H10BrNO2/c1-7-3-2-4-8(5-7)10-9(6-14)11(12)13-15-10/h2-5,14H,6H2,1H3. The number of aliphatic hydroxyl groups is 1. The summed E-state index contributed by atoms with van der Waals surface area (Å²) in [6, 6.07) is 7.88. The number of halogens is 1. The molecule has 0 aliphatic heterocycles.